The van der Waals surface area contributed by atoms with Crippen LogP contribution in [0.5, 0.6) is 0 Å². The molecule has 0 aromatic heterocycles. The molecule has 1 aliphatic rings. The lowest BCUT2D eigenvalue weighted by molar-refractivity contribution is -0.140. The summed E-state index contributed by atoms with van der Waals surface area (Å²) in [6.07, 6.45) is 2.20. The third-order valence-corrected chi connectivity index (χ3v) is 2.52. The Bertz CT molecular complexity index is 225. The van der Waals surface area contributed by atoms with E-state index in [1.165, 1.54) is 7.11 Å². The maximum Gasteiger partial charge on any atom is 0.307 e. The molecule has 0 bridgehead atoms. The van der Waals surface area contributed by atoms with Gasteiger partial charge in [0.1, 0.15) is 0 Å². The van der Waals surface area contributed by atoms with E-state index in [0.717, 1.165) is 25.9 Å². The summed E-state index contributed by atoms with van der Waals surface area (Å²) < 4.78 is 4.47. The first kappa shape index (κ1) is 12.0. The first-order valence-corrected chi connectivity index (χ1v) is 5.29. The zero-order valence-electron chi connectivity index (χ0n) is 9.04. The van der Waals surface area contributed by atoms with Crippen molar-refractivity contribution in [2.75, 3.05) is 26.7 Å². The van der Waals surface area contributed by atoms with Crippen LogP contribution in [0.25, 0.3) is 0 Å². The maximum atomic E-state index is 11.6. The highest BCUT2D eigenvalue weighted by Crippen LogP contribution is 2.09. The van der Waals surface area contributed by atoms with E-state index in [1.54, 1.807) is 0 Å². The summed E-state index contributed by atoms with van der Waals surface area (Å²) in [4.78, 5) is 22.3. The fraction of sp³-hybridized carbons (Fsp3) is 0.800. The molecule has 1 rings (SSSR count). The van der Waals surface area contributed by atoms with Crippen molar-refractivity contribution in [3.05, 3.63) is 0 Å². The van der Waals surface area contributed by atoms with E-state index in [2.05, 4.69) is 15.4 Å². The van der Waals surface area contributed by atoms with Gasteiger partial charge in [-0.15, -0.1) is 0 Å². The van der Waals surface area contributed by atoms with Crippen LogP contribution in [-0.2, 0) is 14.3 Å². The molecule has 1 aliphatic heterocycles. The highest BCUT2D eigenvalue weighted by Gasteiger charge is 2.20. The van der Waals surface area contributed by atoms with Crippen LogP contribution in [-0.4, -0.2) is 38.6 Å². The van der Waals surface area contributed by atoms with Gasteiger partial charge >= 0.3 is 5.97 Å². The van der Waals surface area contributed by atoms with Gasteiger partial charge in [0, 0.05) is 13.1 Å². The van der Waals surface area contributed by atoms with Gasteiger partial charge in [-0.05, 0) is 19.4 Å². The largest absolute Gasteiger partial charge is 0.469 e. The standard InChI is InChI=1S/C10H18N2O3/c1-15-9(13)4-6-12-10(14)8-3-2-5-11-7-8/h8,11H,2-7H2,1H3,(H,12,14)/t8-/m1/s1. The second-order valence-electron chi connectivity index (χ2n) is 3.66. The van der Waals surface area contributed by atoms with Crippen molar-refractivity contribution in [3.63, 3.8) is 0 Å². The lowest BCUT2D eigenvalue weighted by Crippen LogP contribution is -2.41. The number of hydrogen-bond acceptors (Lipinski definition) is 4. The quantitative estimate of drug-likeness (QED) is 0.629. The minimum Gasteiger partial charge on any atom is -0.469 e. The molecule has 86 valence electrons. The maximum absolute atomic E-state index is 11.6. The van der Waals surface area contributed by atoms with Crippen LogP contribution in [0.4, 0.5) is 0 Å². The first-order chi connectivity index (χ1) is 7.24. The fourth-order valence-corrected chi connectivity index (χ4v) is 1.61. The molecule has 1 saturated heterocycles. The number of amides is 1. The molecule has 5 heteroatoms. The van der Waals surface area contributed by atoms with Gasteiger partial charge < -0.3 is 15.4 Å². The predicted octanol–water partition coefficient (Wildman–Crippen LogP) is -0.335. The number of hydrogen-bond donors (Lipinski definition) is 2. The molecular formula is C10H18N2O3. The molecule has 0 radical (unpaired) electrons. The third-order valence-electron chi connectivity index (χ3n) is 2.52. The second kappa shape index (κ2) is 6.40. The molecule has 5 nitrogen and oxygen atoms in total. The van der Waals surface area contributed by atoms with Crippen LogP contribution in [0, 0.1) is 5.92 Å². The summed E-state index contributed by atoms with van der Waals surface area (Å²) in [5.41, 5.74) is 0. The number of piperidine rings is 1. The summed E-state index contributed by atoms with van der Waals surface area (Å²) in [6.45, 7) is 2.10. The minimum atomic E-state index is -0.294. The molecule has 2 N–H and O–H groups in total. The van der Waals surface area contributed by atoms with E-state index in [1.807, 2.05) is 0 Å². The van der Waals surface area contributed by atoms with Gasteiger partial charge in [-0.25, -0.2) is 0 Å². The van der Waals surface area contributed by atoms with Gasteiger partial charge in [0.2, 0.25) is 5.91 Å². The number of rotatable bonds is 4. The van der Waals surface area contributed by atoms with Gasteiger partial charge in [-0.3, -0.25) is 9.59 Å². The smallest absolute Gasteiger partial charge is 0.307 e. The Labute approximate surface area is 89.6 Å². The summed E-state index contributed by atoms with van der Waals surface area (Å²) in [5.74, 6) is -0.209. The lowest BCUT2D eigenvalue weighted by atomic mass is 9.99. The zero-order chi connectivity index (χ0) is 11.1. The molecular weight excluding hydrogens is 196 g/mol. The SMILES string of the molecule is COC(=O)CCNC(=O)[C@@H]1CCCNC1. The van der Waals surface area contributed by atoms with E-state index < -0.39 is 0 Å². The Hall–Kier alpha value is -1.10. The van der Waals surface area contributed by atoms with Gasteiger partial charge in [0.15, 0.2) is 0 Å². The molecule has 0 spiro atoms. The van der Waals surface area contributed by atoms with Crippen molar-refractivity contribution in [2.24, 2.45) is 5.92 Å². The van der Waals surface area contributed by atoms with Crippen molar-refractivity contribution in [1.29, 1.82) is 0 Å². The number of esters is 1. The van der Waals surface area contributed by atoms with Crippen molar-refractivity contribution >= 4 is 11.9 Å². The number of nitrogens with one attached hydrogen (secondary N) is 2. The van der Waals surface area contributed by atoms with Crippen molar-refractivity contribution in [3.8, 4) is 0 Å². The van der Waals surface area contributed by atoms with Gasteiger partial charge in [-0.1, -0.05) is 0 Å². The lowest BCUT2D eigenvalue weighted by Gasteiger charge is -2.21. The van der Waals surface area contributed by atoms with E-state index in [-0.39, 0.29) is 24.2 Å². The second-order valence-corrected chi connectivity index (χ2v) is 3.66. The Balaban J connectivity index is 2.14. The Morgan fingerprint density at radius 2 is 2.33 bits per heavy atom. The molecule has 1 amide bonds. The highest BCUT2D eigenvalue weighted by atomic mass is 16.5. The van der Waals surface area contributed by atoms with Crippen LogP contribution in [0.3, 0.4) is 0 Å². The zero-order valence-corrected chi connectivity index (χ0v) is 9.04. The van der Waals surface area contributed by atoms with E-state index in [9.17, 15) is 9.59 Å². The number of methoxy groups -OCH3 is 1. The molecule has 0 aliphatic carbocycles. The summed E-state index contributed by atoms with van der Waals surface area (Å²) in [5, 5.41) is 5.91. The summed E-state index contributed by atoms with van der Waals surface area (Å²) >= 11 is 0. The predicted molar refractivity (Wildman–Crippen MR) is 55.2 cm³/mol. The van der Waals surface area contributed by atoms with Crippen LogP contribution in [0.2, 0.25) is 0 Å². The van der Waals surface area contributed by atoms with Crippen LogP contribution >= 0.6 is 0 Å². The van der Waals surface area contributed by atoms with E-state index in [0.29, 0.717) is 6.54 Å². The first-order valence-electron chi connectivity index (χ1n) is 5.29. The number of ether oxygens (including phenoxy) is 1. The monoisotopic (exact) mass is 214 g/mol. The summed E-state index contributed by atoms with van der Waals surface area (Å²) in [7, 11) is 1.34. The topological polar surface area (TPSA) is 67.4 Å². The third kappa shape index (κ3) is 4.29. The normalized spacial score (nSPS) is 20.7. The van der Waals surface area contributed by atoms with Crippen LogP contribution in [0.1, 0.15) is 19.3 Å². The van der Waals surface area contributed by atoms with Crippen LogP contribution < -0.4 is 10.6 Å². The minimum absolute atomic E-state index is 0.0334. The molecule has 0 saturated carbocycles. The van der Waals surface area contributed by atoms with E-state index >= 15 is 0 Å². The molecule has 0 unspecified atom stereocenters. The summed E-state index contributed by atoms with van der Waals surface area (Å²) in [6, 6.07) is 0. The van der Waals surface area contributed by atoms with Gasteiger partial charge in [-0.2, -0.15) is 0 Å². The van der Waals surface area contributed by atoms with Gasteiger partial charge in [0.25, 0.3) is 0 Å². The molecule has 1 heterocycles. The molecule has 1 atom stereocenters. The Morgan fingerprint density at radius 1 is 1.53 bits per heavy atom. The van der Waals surface area contributed by atoms with Crippen molar-refractivity contribution in [1.82, 2.24) is 10.6 Å². The average molecular weight is 214 g/mol. The average Bonchev–Trinajstić information content (AvgIpc) is 2.29. The van der Waals surface area contributed by atoms with Crippen molar-refractivity contribution in [2.45, 2.75) is 19.3 Å². The van der Waals surface area contributed by atoms with Crippen molar-refractivity contribution < 1.29 is 14.3 Å². The van der Waals surface area contributed by atoms with Gasteiger partial charge in [0.05, 0.1) is 19.4 Å². The Kier molecular flexibility index (Phi) is 5.10. The fourth-order valence-electron chi connectivity index (χ4n) is 1.61. The van der Waals surface area contributed by atoms with E-state index in [4.69, 9.17) is 0 Å². The molecule has 0 aromatic carbocycles. The number of carbonyl (C=O) groups excluding carboxylic acids is 2. The highest BCUT2D eigenvalue weighted by molar-refractivity contribution is 5.79. The molecule has 15 heavy (non-hydrogen) atoms. The Morgan fingerprint density at radius 3 is 2.93 bits per heavy atom. The molecule has 1 fully saturated rings. The van der Waals surface area contributed by atoms with Crippen LogP contribution in [0.15, 0.2) is 0 Å². The molecule has 0 aromatic rings. The number of carbonyl (C=O) groups is 2.